The van der Waals surface area contributed by atoms with E-state index in [2.05, 4.69) is 5.32 Å². The minimum atomic E-state index is -1.03. The highest BCUT2D eigenvalue weighted by Gasteiger charge is 2.42. The average molecular weight is 381 g/mol. The second-order valence-corrected chi connectivity index (χ2v) is 7.20. The van der Waals surface area contributed by atoms with Gasteiger partial charge in [0.15, 0.2) is 5.60 Å². The van der Waals surface area contributed by atoms with Crippen LogP contribution in [0.2, 0.25) is 0 Å². The summed E-state index contributed by atoms with van der Waals surface area (Å²) >= 11 is 0. The van der Waals surface area contributed by atoms with Gasteiger partial charge < -0.3 is 14.6 Å². The highest BCUT2D eigenvalue weighted by atomic mass is 16.6. The van der Waals surface area contributed by atoms with Gasteiger partial charge in [0.2, 0.25) is 0 Å². The summed E-state index contributed by atoms with van der Waals surface area (Å²) in [6.45, 7) is 5.26. The summed E-state index contributed by atoms with van der Waals surface area (Å²) in [5, 5.41) is 13.0. The van der Waals surface area contributed by atoms with Crippen LogP contribution < -0.4 is 5.32 Å². The molecule has 2 N–H and O–H groups in total. The number of aliphatic hydroxyl groups excluding tert-OH is 1. The van der Waals surface area contributed by atoms with Crippen molar-refractivity contribution in [2.45, 2.75) is 38.9 Å². The molecule has 0 fully saturated rings. The molecule has 3 rings (SSSR count). The van der Waals surface area contributed by atoms with Crippen LogP contribution in [0.15, 0.2) is 65.9 Å². The van der Waals surface area contributed by atoms with Gasteiger partial charge in [0.05, 0.1) is 5.57 Å². The number of esters is 1. The highest BCUT2D eigenvalue weighted by molar-refractivity contribution is 5.94. The van der Waals surface area contributed by atoms with Gasteiger partial charge in [0.25, 0.3) is 0 Å². The normalized spacial score (nSPS) is 16.5. The third-order valence-corrected chi connectivity index (χ3v) is 4.67. The largest absolute Gasteiger partial charge is 0.507 e. The van der Waals surface area contributed by atoms with E-state index in [1.165, 1.54) is 0 Å². The van der Waals surface area contributed by atoms with Crippen molar-refractivity contribution in [3.8, 4) is 0 Å². The molecule has 28 heavy (non-hydrogen) atoms. The Morgan fingerprint density at radius 1 is 1.18 bits per heavy atom. The average Bonchev–Trinajstić information content (AvgIpc) is 2.87. The zero-order valence-electron chi connectivity index (χ0n) is 16.1. The predicted molar refractivity (Wildman–Crippen MR) is 105 cm³/mol. The maximum Gasteiger partial charge on any atom is 0.411 e. The summed E-state index contributed by atoms with van der Waals surface area (Å²) in [5.41, 5.74) is 1.39. The molecule has 1 amide bonds. The lowest BCUT2D eigenvalue weighted by Crippen LogP contribution is -2.22. The molecule has 1 atom stereocenters. The third kappa shape index (κ3) is 4.17. The molecule has 0 aliphatic carbocycles. The molecule has 2 aromatic carbocycles. The van der Waals surface area contributed by atoms with Crippen LogP contribution >= 0.6 is 0 Å². The van der Waals surface area contributed by atoms with Crippen molar-refractivity contribution < 1.29 is 24.2 Å². The van der Waals surface area contributed by atoms with Crippen LogP contribution in [0.4, 0.5) is 10.5 Å². The topological polar surface area (TPSA) is 84.9 Å². The van der Waals surface area contributed by atoms with E-state index in [4.69, 9.17) is 9.47 Å². The van der Waals surface area contributed by atoms with Gasteiger partial charge in [-0.05, 0) is 37.1 Å². The molecule has 0 bridgehead atoms. The number of rotatable bonds is 5. The van der Waals surface area contributed by atoms with Crippen LogP contribution in [0.5, 0.6) is 0 Å². The maximum absolute atomic E-state index is 12.2. The summed E-state index contributed by atoms with van der Waals surface area (Å²) in [6.07, 6.45) is -0.572. The van der Waals surface area contributed by atoms with E-state index >= 15 is 0 Å². The zero-order valence-corrected chi connectivity index (χ0v) is 16.1. The first-order valence-corrected chi connectivity index (χ1v) is 9.02. The molecule has 6 nitrogen and oxygen atoms in total. The fraction of sp³-hybridized carbons (Fsp3) is 0.273. The molecule has 0 radical (unpaired) electrons. The van der Waals surface area contributed by atoms with Gasteiger partial charge in [-0.3, -0.25) is 5.32 Å². The van der Waals surface area contributed by atoms with Crippen molar-refractivity contribution in [3.63, 3.8) is 0 Å². The second-order valence-electron chi connectivity index (χ2n) is 7.20. The Kier molecular flexibility index (Phi) is 5.40. The Morgan fingerprint density at radius 3 is 2.54 bits per heavy atom. The summed E-state index contributed by atoms with van der Waals surface area (Å²) in [6, 6.07) is 16.5. The standard InChI is InChI=1S/C22H23NO5/c1-14(18-19(24)22(2,3)28-20(18)25)16-10-7-11-17(12-16)23-21(26)27-13-15-8-5-4-6-9-15/h4-12,14,24H,13H2,1-3H3,(H,23,26). The number of amides is 1. The van der Waals surface area contributed by atoms with E-state index < -0.39 is 23.6 Å². The zero-order chi connectivity index (χ0) is 20.3. The molecule has 0 aromatic heterocycles. The lowest BCUT2D eigenvalue weighted by molar-refractivity contribution is -0.145. The van der Waals surface area contributed by atoms with Gasteiger partial charge in [0.1, 0.15) is 12.4 Å². The molecule has 0 saturated carbocycles. The minimum absolute atomic E-state index is 0.0642. The summed E-state index contributed by atoms with van der Waals surface area (Å²) < 4.78 is 10.5. The van der Waals surface area contributed by atoms with Crippen molar-refractivity contribution >= 4 is 17.7 Å². The van der Waals surface area contributed by atoms with Gasteiger partial charge in [-0.15, -0.1) is 0 Å². The van der Waals surface area contributed by atoms with Crippen LogP contribution in [-0.4, -0.2) is 22.8 Å². The van der Waals surface area contributed by atoms with Crippen LogP contribution in [0, 0.1) is 0 Å². The molecule has 6 heteroatoms. The van der Waals surface area contributed by atoms with Crippen LogP contribution in [0.1, 0.15) is 37.8 Å². The molecule has 1 aliphatic rings. The number of cyclic esters (lactones) is 1. The first kappa shape index (κ1) is 19.5. The maximum atomic E-state index is 12.2. The van der Waals surface area contributed by atoms with E-state index in [9.17, 15) is 14.7 Å². The Labute approximate surface area is 163 Å². The minimum Gasteiger partial charge on any atom is -0.507 e. The summed E-state index contributed by atoms with van der Waals surface area (Å²) in [4.78, 5) is 24.2. The first-order chi connectivity index (χ1) is 13.3. The molecule has 0 spiro atoms. The van der Waals surface area contributed by atoms with Gasteiger partial charge in [-0.1, -0.05) is 49.4 Å². The predicted octanol–water partition coefficient (Wildman–Crippen LogP) is 4.69. The van der Waals surface area contributed by atoms with Crippen molar-refractivity contribution in [2.75, 3.05) is 5.32 Å². The molecule has 1 heterocycles. The fourth-order valence-electron chi connectivity index (χ4n) is 3.07. The van der Waals surface area contributed by atoms with Gasteiger partial charge in [-0.2, -0.15) is 0 Å². The number of nitrogens with one attached hydrogen (secondary N) is 1. The van der Waals surface area contributed by atoms with Crippen LogP contribution in [0.3, 0.4) is 0 Å². The lowest BCUT2D eigenvalue weighted by atomic mass is 9.90. The van der Waals surface area contributed by atoms with Crippen LogP contribution in [-0.2, 0) is 20.9 Å². The molecule has 0 saturated heterocycles. The lowest BCUT2D eigenvalue weighted by Gasteiger charge is -2.16. The molecule has 146 valence electrons. The highest BCUT2D eigenvalue weighted by Crippen LogP contribution is 2.38. The Balaban J connectivity index is 1.69. The first-order valence-electron chi connectivity index (χ1n) is 9.02. The number of carbonyl (C=O) groups excluding carboxylic acids is 2. The quantitative estimate of drug-likeness (QED) is 0.734. The monoisotopic (exact) mass is 381 g/mol. The second kappa shape index (κ2) is 7.76. The number of benzene rings is 2. The van der Waals surface area contributed by atoms with E-state index in [1.807, 2.05) is 36.4 Å². The van der Waals surface area contributed by atoms with Crippen molar-refractivity contribution in [1.29, 1.82) is 0 Å². The molecule has 1 aliphatic heterocycles. The smallest absolute Gasteiger partial charge is 0.411 e. The number of aliphatic hydroxyl groups is 1. The molecular formula is C22H23NO5. The van der Waals surface area contributed by atoms with E-state index in [1.54, 1.807) is 39.0 Å². The number of ether oxygens (including phenoxy) is 2. The van der Waals surface area contributed by atoms with Crippen molar-refractivity contribution in [1.82, 2.24) is 0 Å². The number of hydrogen-bond acceptors (Lipinski definition) is 5. The van der Waals surface area contributed by atoms with Crippen molar-refractivity contribution in [2.24, 2.45) is 0 Å². The summed E-state index contributed by atoms with van der Waals surface area (Å²) in [7, 11) is 0. The van der Waals surface area contributed by atoms with E-state index in [0.717, 1.165) is 11.1 Å². The fourth-order valence-corrected chi connectivity index (χ4v) is 3.07. The number of carbonyl (C=O) groups is 2. The molecule has 2 aromatic rings. The van der Waals surface area contributed by atoms with Gasteiger partial charge in [-0.25, -0.2) is 9.59 Å². The Bertz CT molecular complexity index is 918. The summed E-state index contributed by atoms with van der Waals surface area (Å²) in [5.74, 6) is -0.988. The van der Waals surface area contributed by atoms with E-state index in [-0.39, 0.29) is 17.9 Å². The molecular weight excluding hydrogens is 358 g/mol. The number of hydrogen-bond donors (Lipinski definition) is 2. The Morgan fingerprint density at radius 2 is 1.89 bits per heavy atom. The molecule has 1 unspecified atom stereocenters. The van der Waals surface area contributed by atoms with Gasteiger partial charge >= 0.3 is 12.1 Å². The Hall–Kier alpha value is -3.28. The van der Waals surface area contributed by atoms with Gasteiger partial charge in [0, 0.05) is 11.6 Å². The SMILES string of the molecule is CC(C1=C(O)C(C)(C)OC1=O)c1cccc(NC(=O)OCc2ccccc2)c1. The van der Waals surface area contributed by atoms with Crippen molar-refractivity contribution in [3.05, 3.63) is 77.1 Å². The van der Waals surface area contributed by atoms with Crippen LogP contribution in [0.25, 0.3) is 0 Å². The number of anilines is 1. The third-order valence-electron chi connectivity index (χ3n) is 4.67. The van der Waals surface area contributed by atoms with E-state index in [0.29, 0.717) is 5.69 Å².